The number of aromatic nitrogens is 6. The molecule has 0 aliphatic rings. The lowest BCUT2D eigenvalue weighted by Gasteiger charge is -2.13. The molecule has 2 aromatic heterocycles. The van der Waals surface area contributed by atoms with E-state index in [0.29, 0.717) is 62.7 Å². The number of nitrogens with zero attached hydrogens (tertiary/aromatic N) is 10. The Hall–Kier alpha value is -5.73. The number of aromatic hydroxyl groups is 1. The summed E-state index contributed by atoms with van der Waals surface area (Å²) in [6, 6.07) is 14.9. The third kappa shape index (κ3) is 7.46. The van der Waals surface area contributed by atoms with E-state index in [9.17, 15) is 5.11 Å². The molecular weight excluding hydrogens is 675 g/mol. The summed E-state index contributed by atoms with van der Waals surface area (Å²) in [5.74, 6) is 0.492. The first-order valence-corrected chi connectivity index (χ1v) is 16.0. The maximum Gasteiger partial charge on any atom is 0.230 e. The van der Waals surface area contributed by atoms with Crippen LogP contribution in [0.1, 0.15) is 22.3 Å². The van der Waals surface area contributed by atoms with Crippen molar-refractivity contribution in [2.75, 3.05) is 16.4 Å². The fraction of sp³-hybridized carbons (Fsp3) is 0.125. The third-order valence-electron chi connectivity index (χ3n) is 7.65. The normalized spacial score (nSPS) is 11.6. The molecule has 0 bridgehead atoms. The van der Waals surface area contributed by atoms with Gasteiger partial charge in [-0.05, 0) is 115 Å². The number of fused-ring (bicyclic) bond motifs is 1. The molecule has 2 heterocycles. The molecule has 0 aliphatic carbocycles. The van der Waals surface area contributed by atoms with Crippen molar-refractivity contribution in [3.05, 3.63) is 81.4 Å². The summed E-state index contributed by atoms with van der Waals surface area (Å²) < 4.78 is 0. The molecule has 0 amide bonds. The number of phenols is 1. The molecule has 0 atom stereocenters. The summed E-state index contributed by atoms with van der Waals surface area (Å²) in [7, 11) is 3.45. The molecule has 0 aliphatic heterocycles. The fourth-order valence-electron chi connectivity index (χ4n) is 5.17. The van der Waals surface area contributed by atoms with E-state index in [1.807, 2.05) is 70.2 Å². The number of azo groups is 2. The van der Waals surface area contributed by atoms with Crippen molar-refractivity contribution in [3.8, 4) is 5.75 Å². The second-order valence-corrected chi connectivity index (χ2v) is 12.2. The SMILES string of the molecule is Bc1nc(Cl)nc(Nc2ccc(C)c(/N=N/c3c(C)cc4cc(C)c(/N=N/c5cc(Nc6nc(B)nc(Cl)n6)ccc5C)c(O)c4c3N)c2)n1. The lowest BCUT2D eigenvalue weighted by molar-refractivity contribution is 0.482. The minimum absolute atomic E-state index is 0.0867. The van der Waals surface area contributed by atoms with E-state index in [-0.39, 0.29) is 27.7 Å². The second-order valence-electron chi connectivity index (χ2n) is 11.5. The summed E-state index contributed by atoms with van der Waals surface area (Å²) >= 11 is 12.0. The Morgan fingerprint density at radius 2 is 1.08 bits per heavy atom. The molecule has 5 N–H and O–H groups in total. The Morgan fingerprint density at radius 1 is 0.620 bits per heavy atom. The van der Waals surface area contributed by atoms with E-state index in [2.05, 4.69) is 61.0 Å². The topological polar surface area (TPSA) is 197 Å². The Balaban J connectivity index is 1.32. The number of halogens is 2. The number of hydrogen-bond acceptors (Lipinski definition) is 14. The molecule has 0 radical (unpaired) electrons. The van der Waals surface area contributed by atoms with E-state index in [4.69, 9.17) is 28.9 Å². The first kappa shape index (κ1) is 34.1. The van der Waals surface area contributed by atoms with Crippen LogP contribution in [0.3, 0.4) is 0 Å². The number of hydrogen-bond donors (Lipinski definition) is 4. The average Bonchev–Trinajstić information content (AvgIpc) is 3.02. The van der Waals surface area contributed by atoms with E-state index in [1.54, 1.807) is 21.8 Å². The Bertz CT molecular complexity index is 2170. The second kappa shape index (κ2) is 14.0. The van der Waals surface area contributed by atoms with Crippen LogP contribution < -0.4 is 27.8 Å². The Kier molecular flexibility index (Phi) is 9.57. The van der Waals surface area contributed by atoms with Crippen LogP contribution >= 0.6 is 23.2 Å². The number of benzene rings is 4. The maximum absolute atomic E-state index is 11.5. The van der Waals surface area contributed by atoms with Crippen LogP contribution in [-0.2, 0) is 0 Å². The zero-order chi connectivity index (χ0) is 35.7. The molecule has 0 spiro atoms. The first-order valence-electron chi connectivity index (χ1n) is 15.2. The summed E-state index contributed by atoms with van der Waals surface area (Å²) in [4.78, 5) is 24.7. The Labute approximate surface area is 298 Å². The summed E-state index contributed by atoms with van der Waals surface area (Å²) in [6.07, 6.45) is 0. The molecule has 0 saturated carbocycles. The fourth-order valence-corrected chi connectivity index (χ4v) is 5.57. The van der Waals surface area contributed by atoms with Crippen LogP contribution in [0.25, 0.3) is 10.8 Å². The molecule has 6 aromatic rings. The molecule has 50 heavy (non-hydrogen) atoms. The minimum atomic E-state index is -0.117. The van der Waals surface area contributed by atoms with Gasteiger partial charge in [-0.15, -0.1) is 10.2 Å². The zero-order valence-corrected chi connectivity index (χ0v) is 29.4. The van der Waals surface area contributed by atoms with Crippen LogP contribution in [0.15, 0.2) is 69.0 Å². The van der Waals surface area contributed by atoms with E-state index >= 15 is 0 Å². The molecule has 14 nitrogen and oxygen atoms in total. The number of nitrogens with one attached hydrogen (secondary N) is 2. The number of rotatable bonds is 8. The predicted octanol–water partition coefficient (Wildman–Crippen LogP) is 5.87. The molecule has 0 unspecified atom stereocenters. The van der Waals surface area contributed by atoms with Gasteiger partial charge >= 0.3 is 0 Å². The van der Waals surface area contributed by atoms with E-state index in [0.717, 1.165) is 22.1 Å². The van der Waals surface area contributed by atoms with Gasteiger partial charge in [0.1, 0.15) is 11.4 Å². The molecule has 18 heteroatoms. The number of nitrogen functional groups attached to an aromatic ring is 1. The molecule has 4 aromatic carbocycles. The quantitative estimate of drug-likeness (QED) is 0.0845. The van der Waals surface area contributed by atoms with Gasteiger partial charge in [0.15, 0.2) is 21.4 Å². The highest BCUT2D eigenvalue weighted by atomic mass is 35.5. The van der Waals surface area contributed by atoms with Crippen LogP contribution in [0.5, 0.6) is 5.75 Å². The standard InChI is InChI=1S/C32H29B2Cl2N13O/c1-13-5-7-18(38-31-42-27(33)40-29(35)44-31)11-20(13)46-48-24-15(3)9-17-10-16(4)25(26(50)22(17)23(24)37)49-47-21-12-19(8-6-14(21)2)39-32-43-28(34)41-30(36)45-32/h5-12,50H,33-34,37H2,1-4H3,(H,38,40,42,44)(H,39,41,43,45)/b48-46+,49-47+. The monoisotopic (exact) mass is 703 g/mol. The predicted molar refractivity (Wildman–Crippen MR) is 203 cm³/mol. The molecule has 0 fully saturated rings. The number of anilines is 5. The van der Waals surface area contributed by atoms with Crippen molar-refractivity contribution in [1.29, 1.82) is 0 Å². The molecule has 6 rings (SSSR count). The van der Waals surface area contributed by atoms with Gasteiger partial charge in [-0.1, -0.05) is 12.1 Å². The summed E-state index contributed by atoms with van der Waals surface area (Å²) in [5.41, 5.74) is 14.3. The van der Waals surface area contributed by atoms with Crippen molar-refractivity contribution in [2.45, 2.75) is 27.7 Å². The highest BCUT2D eigenvalue weighted by Crippen LogP contribution is 2.46. The van der Waals surface area contributed by atoms with E-state index in [1.165, 1.54) is 0 Å². The number of nitrogens with two attached hydrogens (primary N) is 1. The van der Waals surface area contributed by atoms with Gasteiger partial charge in [-0.3, -0.25) is 0 Å². The van der Waals surface area contributed by atoms with Gasteiger partial charge < -0.3 is 21.5 Å². The zero-order valence-electron chi connectivity index (χ0n) is 27.9. The maximum atomic E-state index is 11.5. The van der Waals surface area contributed by atoms with E-state index < -0.39 is 0 Å². The highest BCUT2D eigenvalue weighted by Gasteiger charge is 2.18. The van der Waals surface area contributed by atoms with Crippen LogP contribution in [0.2, 0.25) is 10.6 Å². The van der Waals surface area contributed by atoms with Crippen molar-refractivity contribution >= 4 is 113 Å². The minimum Gasteiger partial charge on any atom is -0.505 e. The van der Waals surface area contributed by atoms with Gasteiger partial charge in [0, 0.05) is 11.4 Å². The van der Waals surface area contributed by atoms with Crippen LogP contribution in [0, 0.1) is 27.7 Å². The van der Waals surface area contributed by atoms with Gasteiger partial charge in [-0.25, -0.2) is 19.9 Å². The van der Waals surface area contributed by atoms with Gasteiger partial charge in [0.2, 0.25) is 22.5 Å². The molecule has 0 saturated heterocycles. The number of aryl methyl sites for hydroxylation is 4. The van der Waals surface area contributed by atoms with Crippen molar-refractivity contribution in [3.63, 3.8) is 0 Å². The average molecular weight is 704 g/mol. The summed E-state index contributed by atoms with van der Waals surface area (Å²) in [5, 5.41) is 37.1. The van der Waals surface area contributed by atoms with Crippen molar-refractivity contribution in [2.24, 2.45) is 20.5 Å². The van der Waals surface area contributed by atoms with Crippen molar-refractivity contribution in [1.82, 2.24) is 29.9 Å². The van der Waals surface area contributed by atoms with Gasteiger partial charge in [0.25, 0.3) is 0 Å². The number of phenolic OH excluding ortho intramolecular Hbond substituents is 1. The lowest BCUT2D eigenvalue weighted by Crippen LogP contribution is -2.16. The van der Waals surface area contributed by atoms with Gasteiger partial charge in [0.05, 0.1) is 33.9 Å². The largest absolute Gasteiger partial charge is 0.505 e. The first-order chi connectivity index (χ1) is 23.8. The molecular formula is C32H29B2Cl2N13O. The highest BCUT2D eigenvalue weighted by molar-refractivity contribution is 6.32. The van der Waals surface area contributed by atoms with Crippen molar-refractivity contribution < 1.29 is 5.11 Å². The summed E-state index contributed by atoms with van der Waals surface area (Å²) in [6.45, 7) is 7.56. The van der Waals surface area contributed by atoms with Crippen LogP contribution in [0.4, 0.5) is 51.7 Å². The molecule has 248 valence electrons. The smallest absolute Gasteiger partial charge is 0.230 e. The van der Waals surface area contributed by atoms with Crippen LogP contribution in [-0.4, -0.2) is 50.7 Å². The third-order valence-corrected chi connectivity index (χ3v) is 7.99. The lowest BCUT2D eigenvalue weighted by atomic mass is 9.99. The Morgan fingerprint density at radius 3 is 1.56 bits per heavy atom. The van der Waals surface area contributed by atoms with Gasteiger partial charge in [-0.2, -0.15) is 20.2 Å².